The highest BCUT2D eigenvalue weighted by Gasteiger charge is 2.32. The van der Waals surface area contributed by atoms with Crippen LogP contribution in [-0.4, -0.2) is 16.1 Å². The predicted molar refractivity (Wildman–Crippen MR) is 96.1 cm³/mol. The van der Waals surface area contributed by atoms with Crippen LogP contribution in [-0.2, 0) is 16.7 Å². The van der Waals surface area contributed by atoms with Crippen LogP contribution in [0.4, 0.5) is 18.3 Å². The van der Waals surface area contributed by atoms with E-state index in [4.69, 9.17) is 0 Å². The molecule has 0 bridgehead atoms. The summed E-state index contributed by atoms with van der Waals surface area (Å²) in [5.74, 6) is 0.114. The first kappa shape index (κ1) is 19.2. The number of rotatable bonds is 5. The van der Waals surface area contributed by atoms with Crippen LogP contribution in [0.15, 0.2) is 28.6 Å². The maximum Gasteiger partial charge on any atom is 0.416 e. The molecule has 2 aromatic rings. The molecule has 0 saturated heterocycles. The van der Waals surface area contributed by atoms with E-state index in [9.17, 15) is 18.0 Å². The molecule has 0 atom stereocenters. The lowest BCUT2D eigenvalue weighted by atomic mass is 9.89. The number of hydrogen-bond acceptors (Lipinski definition) is 5. The molecular weight excluding hydrogens is 383 g/mol. The van der Waals surface area contributed by atoms with E-state index in [0.29, 0.717) is 9.47 Å². The van der Waals surface area contributed by atoms with Crippen LogP contribution in [0.25, 0.3) is 0 Å². The van der Waals surface area contributed by atoms with E-state index in [1.807, 2.05) is 0 Å². The average Bonchev–Trinajstić information content (AvgIpc) is 3.07. The summed E-state index contributed by atoms with van der Waals surface area (Å²) in [4.78, 5) is 12.2. The van der Waals surface area contributed by atoms with Gasteiger partial charge in [-0.1, -0.05) is 60.6 Å². The Hall–Kier alpha value is -1.61. The molecule has 9 heteroatoms. The number of carbonyl (C=O) groups excluding carboxylic acids is 1. The minimum atomic E-state index is -4.38. The second kappa shape index (κ2) is 8.39. The third-order valence-electron chi connectivity index (χ3n) is 4.29. The summed E-state index contributed by atoms with van der Waals surface area (Å²) in [7, 11) is 0. The van der Waals surface area contributed by atoms with E-state index in [1.165, 1.54) is 41.7 Å². The highest BCUT2D eigenvalue weighted by atomic mass is 32.2. The molecule has 3 rings (SSSR count). The lowest BCUT2D eigenvalue weighted by Gasteiger charge is -2.19. The molecule has 1 saturated carbocycles. The van der Waals surface area contributed by atoms with Crippen LogP contribution in [0.2, 0.25) is 0 Å². The summed E-state index contributed by atoms with van der Waals surface area (Å²) < 4.78 is 39.6. The van der Waals surface area contributed by atoms with Crippen molar-refractivity contribution < 1.29 is 18.0 Å². The number of aromatic nitrogens is 2. The number of nitrogens with zero attached hydrogens (tertiary/aromatic N) is 2. The quantitative estimate of drug-likeness (QED) is 0.541. The molecule has 1 aliphatic rings. The van der Waals surface area contributed by atoms with Crippen LogP contribution >= 0.6 is 23.1 Å². The van der Waals surface area contributed by atoms with Crippen LogP contribution in [0.3, 0.4) is 0 Å². The Bertz CT molecular complexity index is 758. The number of alkyl halides is 3. The van der Waals surface area contributed by atoms with Crippen molar-refractivity contribution in [2.24, 2.45) is 5.92 Å². The van der Waals surface area contributed by atoms with Gasteiger partial charge in [0.15, 0.2) is 4.34 Å². The number of halogens is 3. The highest BCUT2D eigenvalue weighted by Crippen LogP contribution is 2.36. The monoisotopic (exact) mass is 401 g/mol. The van der Waals surface area contributed by atoms with Crippen molar-refractivity contribution in [3.8, 4) is 0 Å². The Balaban J connectivity index is 1.58. The molecule has 1 aromatic heterocycles. The topological polar surface area (TPSA) is 54.9 Å². The summed E-state index contributed by atoms with van der Waals surface area (Å²) in [6.45, 7) is 0. The van der Waals surface area contributed by atoms with E-state index in [2.05, 4.69) is 15.5 Å². The van der Waals surface area contributed by atoms with Crippen molar-refractivity contribution >= 4 is 34.1 Å². The van der Waals surface area contributed by atoms with Crippen molar-refractivity contribution in [2.45, 2.75) is 48.4 Å². The van der Waals surface area contributed by atoms with E-state index in [0.717, 1.165) is 31.7 Å². The Morgan fingerprint density at radius 1 is 1.19 bits per heavy atom. The Kier molecular flexibility index (Phi) is 6.18. The second-order valence-corrected chi connectivity index (χ2v) is 8.34. The van der Waals surface area contributed by atoms with Gasteiger partial charge in [-0.05, 0) is 24.5 Å². The number of anilines is 1. The van der Waals surface area contributed by atoms with Crippen LogP contribution < -0.4 is 5.32 Å². The molecule has 1 aromatic carbocycles. The van der Waals surface area contributed by atoms with E-state index < -0.39 is 11.7 Å². The maximum atomic E-state index is 13.0. The Morgan fingerprint density at radius 2 is 1.92 bits per heavy atom. The van der Waals surface area contributed by atoms with Gasteiger partial charge >= 0.3 is 6.18 Å². The van der Waals surface area contributed by atoms with Gasteiger partial charge in [0.1, 0.15) is 0 Å². The van der Waals surface area contributed by atoms with Crippen molar-refractivity contribution in [3.63, 3.8) is 0 Å². The molecule has 140 valence electrons. The molecule has 1 heterocycles. The smallest absolute Gasteiger partial charge is 0.300 e. The first-order chi connectivity index (χ1) is 12.4. The van der Waals surface area contributed by atoms with Gasteiger partial charge in [-0.15, -0.1) is 10.2 Å². The molecule has 1 N–H and O–H groups in total. The van der Waals surface area contributed by atoms with Gasteiger partial charge in [0.25, 0.3) is 0 Å². The molecule has 0 spiro atoms. The summed E-state index contributed by atoms with van der Waals surface area (Å²) >= 11 is 2.37. The van der Waals surface area contributed by atoms with Gasteiger partial charge in [-0.3, -0.25) is 4.79 Å². The molecule has 1 amide bonds. The van der Waals surface area contributed by atoms with E-state index in [1.54, 1.807) is 6.07 Å². The predicted octanol–water partition coefficient (Wildman–Crippen LogP) is 5.37. The minimum Gasteiger partial charge on any atom is -0.300 e. The van der Waals surface area contributed by atoms with Gasteiger partial charge in [-0.2, -0.15) is 13.2 Å². The summed E-state index contributed by atoms with van der Waals surface area (Å²) in [5, 5.41) is 11.1. The summed E-state index contributed by atoms with van der Waals surface area (Å²) in [6, 6.07) is 5.50. The van der Waals surface area contributed by atoms with Crippen molar-refractivity contribution in [1.82, 2.24) is 10.2 Å². The zero-order valence-corrected chi connectivity index (χ0v) is 15.5. The molecule has 0 aliphatic heterocycles. The zero-order chi connectivity index (χ0) is 18.6. The minimum absolute atomic E-state index is 0.0161. The highest BCUT2D eigenvalue weighted by molar-refractivity contribution is 8.00. The number of hydrogen-bond donors (Lipinski definition) is 1. The molecule has 26 heavy (non-hydrogen) atoms. The molecule has 1 aliphatic carbocycles. The normalized spacial score (nSPS) is 15.8. The van der Waals surface area contributed by atoms with E-state index in [-0.39, 0.29) is 23.1 Å². The number of amides is 1. The number of thioether (sulfide) groups is 1. The van der Waals surface area contributed by atoms with Crippen molar-refractivity contribution in [3.05, 3.63) is 35.4 Å². The molecular formula is C17H18F3N3OS2. The second-order valence-electron chi connectivity index (χ2n) is 6.14. The molecule has 1 fully saturated rings. The third kappa shape index (κ3) is 4.97. The fourth-order valence-electron chi connectivity index (χ4n) is 2.95. The van der Waals surface area contributed by atoms with Gasteiger partial charge in [0.05, 0.1) is 5.56 Å². The largest absolute Gasteiger partial charge is 0.416 e. The van der Waals surface area contributed by atoms with Crippen molar-refractivity contribution in [1.29, 1.82) is 0 Å². The van der Waals surface area contributed by atoms with Crippen LogP contribution in [0.1, 0.15) is 43.2 Å². The first-order valence-electron chi connectivity index (χ1n) is 8.36. The van der Waals surface area contributed by atoms with Crippen LogP contribution in [0, 0.1) is 5.92 Å². The van der Waals surface area contributed by atoms with Crippen molar-refractivity contribution in [2.75, 3.05) is 5.32 Å². The van der Waals surface area contributed by atoms with E-state index >= 15 is 0 Å². The fraction of sp³-hybridized carbons (Fsp3) is 0.471. The van der Waals surface area contributed by atoms with Crippen LogP contribution in [0.5, 0.6) is 0 Å². The number of carbonyl (C=O) groups is 1. The van der Waals surface area contributed by atoms with Gasteiger partial charge < -0.3 is 5.32 Å². The Morgan fingerprint density at radius 3 is 2.65 bits per heavy atom. The zero-order valence-electron chi connectivity index (χ0n) is 13.9. The van der Waals surface area contributed by atoms with Gasteiger partial charge in [-0.25, -0.2) is 0 Å². The number of nitrogens with one attached hydrogen (secondary N) is 1. The SMILES string of the molecule is O=C(Nc1nnc(SCc2ccccc2C(F)(F)F)s1)C1CCCCC1. The number of benzene rings is 1. The summed E-state index contributed by atoms with van der Waals surface area (Å²) in [5.41, 5.74) is -0.434. The molecule has 0 radical (unpaired) electrons. The standard InChI is InChI=1S/C17H18F3N3OS2/c18-17(19,20)13-9-5-4-8-12(13)10-25-16-23-22-15(26-16)21-14(24)11-6-2-1-3-7-11/h4-5,8-9,11H,1-3,6-7,10H2,(H,21,22,24). The average molecular weight is 401 g/mol. The lowest BCUT2D eigenvalue weighted by molar-refractivity contribution is -0.138. The van der Waals surface area contributed by atoms with Gasteiger partial charge in [0.2, 0.25) is 11.0 Å². The van der Waals surface area contributed by atoms with Gasteiger partial charge in [0, 0.05) is 11.7 Å². The Labute approximate surface area is 157 Å². The molecule has 4 nitrogen and oxygen atoms in total. The third-order valence-corrected chi connectivity index (χ3v) is 6.31. The summed E-state index contributed by atoms with van der Waals surface area (Å²) in [6.07, 6.45) is 0.697. The maximum absolute atomic E-state index is 13.0. The lowest BCUT2D eigenvalue weighted by Crippen LogP contribution is -2.24. The fourth-order valence-corrected chi connectivity index (χ4v) is 4.71. The first-order valence-corrected chi connectivity index (χ1v) is 10.2. The molecule has 0 unspecified atom stereocenters.